The quantitative estimate of drug-likeness (QED) is 0.432. The highest BCUT2D eigenvalue weighted by atomic mass is 32.7. The average molecular weight is 338 g/mol. The molecule has 0 aromatic carbocycles. The van der Waals surface area contributed by atoms with Crippen molar-refractivity contribution in [3.63, 3.8) is 0 Å². The van der Waals surface area contributed by atoms with Crippen LogP contribution >= 0.6 is 18.0 Å². The first-order chi connectivity index (χ1) is 9.91. The molecule has 7 heteroatoms. The van der Waals surface area contributed by atoms with Crippen molar-refractivity contribution < 1.29 is 14.1 Å². The molecule has 0 spiro atoms. The van der Waals surface area contributed by atoms with Crippen molar-refractivity contribution in [2.45, 2.75) is 58.1 Å². The largest absolute Gasteiger partial charge is 0.372 e. The highest BCUT2D eigenvalue weighted by Crippen LogP contribution is 2.59. The fraction of sp³-hybridized carbons (Fsp3) is 0.929. The van der Waals surface area contributed by atoms with Gasteiger partial charge in [-0.3, -0.25) is 14.0 Å². The van der Waals surface area contributed by atoms with Crippen molar-refractivity contribution in [3.05, 3.63) is 0 Å². The third-order valence-electron chi connectivity index (χ3n) is 3.30. The zero-order chi connectivity index (χ0) is 16.3. The number of unbranched alkanes of at least 4 members (excludes halogenated alkanes) is 3. The van der Waals surface area contributed by atoms with Crippen LogP contribution in [0.5, 0.6) is 0 Å². The monoisotopic (exact) mass is 338 g/mol. The summed E-state index contributed by atoms with van der Waals surface area (Å²) in [6.07, 6.45) is 5.37. The Morgan fingerprint density at radius 1 is 1.33 bits per heavy atom. The Labute approximate surface area is 133 Å². The van der Waals surface area contributed by atoms with Crippen molar-refractivity contribution >= 4 is 23.9 Å². The maximum atomic E-state index is 12.8. The summed E-state index contributed by atoms with van der Waals surface area (Å²) in [6.45, 7) is 3.87. The minimum Gasteiger partial charge on any atom is -0.372 e. The Hall–Kier alpha value is -0.0300. The number of likely N-dealkylation sites (N-methyl/N-ethyl adjacent to an activating group) is 1. The topological polar surface area (TPSA) is 58.6 Å². The van der Waals surface area contributed by atoms with Crippen molar-refractivity contribution in [2.75, 3.05) is 27.3 Å². The minimum atomic E-state index is -2.92. The molecule has 0 radical (unpaired) electrons. The van der Waals surface area contributed by atoms with Crippen LogP contribution in [0.4, 0.5) is 0 Å². The molecule has 1 amide bonds. The number of rotatable bonds is 12. The Morgan fingerprint density at radius 3 is 2.52 bits per heavy atom. The Bertz CT molecular complexity index is 342. The van der Waals surface area contributed by atoms with Gasteiger partial charge in [0.1, 0.15) is 6.61 Å². The second kappa shape index (κ2) is 11.5. The van der Waals surface area contributed by atoms with E-state index in [1.54, 1.807) is 14.1 Å². The SMILES string of the molecule is CCCCCCOCC(=O)N(C)P(=O)(NC)SC(C)CC. The first-order valence-electron chi connectivity index (χ1n) is 7.73. The smallest absolute Gasteiger partial charge is 0.294 e. The van der Waals surface area contributed by atoms with E-state index in [0.717, 1.165) is 19.3 Å². The summed E-state index contributed by atoms with van der Waals surface area (Å²) in [4.78, 5) is 12.1. The Balaban J connectivity index is 4.23. The van der Waals surface area contributed by atoms with Gasteiger partial charge in [-0.15, -0.1) is 0 Å². The van der Waals surface area contributed by atoms with Gasteiger partial charge in [-0.25, -0.2) is 5.09 Å². The summed E-state index contributed by atoms with van der Waals surface area (Å²) >= 11 is 1.33. The molecule has 2 atom stereocenters. The van der Waals surface area contributed by atoms with E-state index in [2.05, 4.69) is 12.0 Å². The van der Waals surface area contributed by atoms with E-state index in [1.807, 2.05) is 13.8 Å². The van der Waals surface area contributed by atoms with Crippen LogP contribution in [0.1, 0.15) is 52.9 Å². The van der Waals surface area contributed by atoms with Gasteiger partial charge in [-0.2, -0.15) is 0 Å². The van der Waals surface area contributed by atoms with Gasteiger partial charge in [-0.1, -0.05) is 51.4 Å². The van der Waals surface area contributed by atoms with Crippen LogP contribution in [0.3, 0.4) is 0 Å². The summed E-state index contributed by atoms with van der Waals surface area (Å²) in [5.41, 5.74) is 0. The molecule has 0 rings (SSSR count). The van der Waals surface area contributed by atoms with Gasteiger partial charge in [0, 0.05) is 18.9 Å². The first kappa shape index (κ1) is 21.0. The number of amides is 1. The third-order valence-corrected chi connectivity index (χ3v) is 9.08. The van der Waals surface area contributed by atoms with Crippen LogP contribution in [0.25, 0.3) is 0 Å². The van der Waals surface area contributed by atoms with Gasteiger partial charge in [0.2, 0.25) is 0 Å². The summed E-state index contributed by atoms with van der Waals surface area (Å²) in [5, 5.41) is 3.04. The maximum Gasteiger partial charge on any atom is 0.294 e. The molecule has 0 aliphatic carbocycles. The number of ether oxygens (including phenoxy) is 1. The van der Waals surface area contributed by atoms with Crippen LogP contribution in [0, 0.1) is 0 Å². The summed E-state index contributed by atoms with van der Waals surface area (Å²) < 4.78 is 19.5. The fourth-order valence-corrected chi connectivity index (χ4v) is 6.08. The number of hydrogen-bond acceptors (Lipinski definition) is 4. The highest BCUT2D eigenvalue weighted by molar-refractivity contribution is 8.57. The molecule has 0 bridgehead atoms. The lowest BCUT2D eigenvalue weighted by Crippen LogP contribution is -2.31. The highest BCUT2D eigenvalue weighted by Gasteiger charge is 2.32. The van der Waals surface area contributed by atoms with Gasteiger partial charge in [-0.05, 0) is 19.9 Å². The molecule has 0 fully saturated rings. The second-order valence-corrected chi connectivity index (χ2v) is 10.3. The zero-order valence-electron chi connectivity index (χ0n) is 14.1. The van der Waals surface area contributed by atoms with E-state index in [0.29, 0.717) is 6.61 Å². The molecule has 0 aromatic heterocycles. The van der Waals surface area contributed by atoms with Crippen molar-refractivity contribution in [2.24, 2.45) is 0 Å². The van der Waals surface area contributed by atoms with Gasteiger partial charge in [0.15, 0.2) is 0 Å². The van der Waals surface area contributed by atoms with Crippen LogP contribution < -0.4 is 5.09 Å². The van der Waals surface area contributed by atoms with Crippen LogP contribution in [-0.4, -0.2) is 43.1 Å². The van der Waals surface area contributed by atoms with E-state index in [-0.39, 0.29) is 17.8 Å². The molecule has 0 heterocycles. The molecule has 2 unspecified atom stereocenters. The van der Waals surface area contributed by atoms with Crippen LogP contribution in [-0.2, 0) is 14.1 Å². The van der Waals surface area contributed by atoms with Crippen molar-refractivity contribution in [1.82, 2.24) is 9.76 Å². The molecule has 0 aliphatic rings. The second-order valence-electron chi connectivity index (χ2n) is 5.10. The predicted octanol–water partition coefficient (Wildman–Crippen LogP) is 3.90. The molecule has 5 nitrogen and oxygen atoms in total. The van der Waals surface area contributed by atoms with Crippen LogP contribution in [0.15, 0.2) is 0 Å². The minimum absolute atomic E-state index is 0.00460. The predicted molar refractivity (Wildman–Crippen MR) is 91.7 cm³/mol. The molecular formula is C14H31N2O3PS. The molecule has 0 saturated heterocycles. The molecule has 0 aromatic rings. The molecular weight excluding hydrogens is 307 g/mol. The van der Waals surface area contributed by atoms with E-state index in [4.69, 9.17) is 4.74 Å². The van der Waals surface area contributed by atoms with E-state index in [1.165, 1.54) is 28.9 Å². The molecule has 0 aliphatic heterocycles. The number of carbonyl (C=O) groups is 1. The van der Waals surface area contributed by atoms with Crippen LogP contribution in [0.2, 0.25) is 0 Å². The number of carbonyl (C=O) groups excluding carboxylic acids is 1. The first-order valence-corrected chi connectivity index (χ1v) is 10.9. The average Bonchev–Trinajstić information content (AvgIpc) is 2.49. The van der Waals surface area contributed by atoms with Gasteiger partial charge < -0.3 is 4.74 Å². The maximum absolute atomic E-state index is 12.8. The van der Waals surface area contributed by atoms with Gasteiger partial charge in [0.25, 0.3) is 12.6 Å². The summed E-state index contributed by atoms with van der Waals surface area (Å²) in [6, 6.07) is 0. The van der Waals surface area contributed by atoms with Crippen molar-refractivity contribution in [3.8, 4) is 0 Å². The van der Waals surface area contributed by atoms with Gasteiger partial charge >= 0.3 is 0 Å². The van der Waals surface area contributed by atoms with E-state index < -0.39 is 6.65 Å². The van der Waals surface area contributed by atoms with Gasteiger partial charge in [0.05, 0.1) is 0 Å². The molecule has 21 heavy (non-hydrogen) atoms. The molecule has 1 N–H and O–H groups in total. The van der Waals surface area contributed by atoms with Crippen molar-refractivity contribution in [1.29, 1.82) is 0 Å². The summed E-state index contributed by atoms with van der Waals surface area (Å²) in [7, 11) is 3.21. The zero-order valence-corrected chi connectivity index (χ0v) is 15.8. The lowest BCUT2D eigenvalue weighted by Gasteiger charge is -2.28. The lowest BCUT2D eigenvalue weighted by atomic mass is 10.2. The molecule has 0 saturated carbocycles. The number of nitrogens with one attached hydrogen (secondary N) is 1. The Kier molecular flexibility index (Phi) is 11.5. The normalized spacial score (nSPS) is 15.5. The number of hydrogen-bond donors (Lipinski definition) is 1. The fourth-order valence-electron chi connectivity index (χ4n) is 1.62. The van der Waals surface area contributed by atoms with E-state index in [9.17, 15) is 9.36 Å². The molecule has 126 valence electrons. The Morgan fingerprint density at radius 2 is 2.00 bits per heavy atom. The van der Waals surface area contributed by atoms with E-state index >= 15 is 0 Å². The number of nitrogens with zero attached hydrogens (tertiary/aromatic N) is 1. The summed E-state index contributed by atoms with van der Waals surface area (Å²) in [5.74, 6) is -0.237. The third kappa shape index (κ3) is 8.24. The standard InChI is InChI=1S/C14H31N2O3PS/c1-6-8-9-10-11-19-12-14(17)16(5)20(18,15-4)21-13(3)7-2/h13H,6-12H2,1-5H3,(H,15,18). The lowest BCUT2D eigenvalue weighted by molar-refractivity contribution is -0.130.